The molecule has 1 aliphatic heterocycles. The van der Waals surface area contributed by atoms with E-state index < -0.39 is 0 Å². The maximum Gasteiger partial charge on any atom is 0.0937 e. The van der Waals surface area contributed by atoms with Crippen LogP contribution in [0.5, 0.6) is 0 Å². The van der Waals surface area contributed by atoms with Crippen molar-refractivity contribution in [1.29, 1.82) is 0 Å². The van der Waals surface area contributed by atoms with E-state index in [0.29, 0.717) is 16.7 Å². The van der Waals surface area contributed by atoms with Crippen molar-refractivity contribution in [2.45, 2.75) is 83.5 Å². The lowest BCUT2D eigenvalue weighted by atomic mass is 9.47. The van der Waals surface area contributed by atoms with Crippen LogP contribution >= 0.6 is 0 Å². The Balaban J connectivity index is 1.24. The largest absolute Gasteiger partial charge is 0.472 e. The Morgan fingerprint density at radius 1 is 1.06 bits per heavy atom. The van der Waals surface area contributed by atoms with Gasteiger partial charge in [-0.3, -0.25) is 0 Å². The van der Waals surface area contributed by atoms with Gasteiger partial charge in [0.25, 0.3) is 0 Å². The van der Waals surface area contributed by atoms with Gasteiger partial charge in [0.2, 0.25) is 0 Å². The number of likely N-dealkylation sites (tertiary alicyclic amines) is 1. The number of fused-ring (bicyclic) bond motifs is 5. The number of rotatable bonds is 6. The van der Waals surface area contributed by atoms with Gasteiger partial charge in [0.15, 0.2) is 0 Å². The van der Waals surface area contributed by atoms with E-state index in [1.54, 1.807) is 0 Å². The number of nitrogens with zero attached hydrogens (tertiary/aromatic N) is 1. The molecule has 0 aromatic carbocycles. The average Bonchev–Trinajstić information content (AvgIpc) is 3.57. The number of furan rings is 1. The lowest BCUT2D eigenvalue weighted by Gasteiger charge is -2.58. The van der Waals surface area contributed by atoms with Crippen molar-refractivity contribution in [3.63, 3.8) is 0 Å². The van der Waals surface area contributed by atoms with E-state index in [1.165, 1.54) is 89.3 Å². The number of hydrogen-bond acceptors (Lipinski definition) is 3. The summed E-state index contributed by atoms with van der Waals surface area (Å²) in [5.41, 5.74) is 4.05. The highest BCUT2D eigenvalue weighted by molar-refractivity contribution is 5.27. The molecule has 1 aromatic heterocycles. The third-order valence-electron chi connectivity index (χ3n) is 10.8. The molecule has 6 atom stereocenters. The molecule has 0 bridgehead atoms. The lowest BCUT2D eigenvalue weighted by molar-refractivity contribution is -0.0825. The first kappa shape index (κ1) is 21.5. The summed E-state index contributed by atoms with van der Waals surface area (Å²) in [5, 5.41) is 0. The van der Waals surface area contributed by atoms with Crippen molar-refractivity contribution in [2.75, 3.05) is 32.8 Å². The zero-order valence-corrected chi connectivity index (χ0v) is 20.2. The molecule has 0 unspecified atom stereocenters. The summed E-state index contributed by atoms with van der Waals surface area (Å²) in [5.74, 6) is 3.18. The van der Waals surface area contributed by atoms with E-state index in [9.17, 15) is 0 Å². The van der Waals surface area contributed by atoms with Crippen LogP contribution in [0.1, 0.15) is 89.0 Å². The van der Waals surface area contributed by atoms with Gasteiger partial charge in [-0.15, -0.1) is 0 Å². The van der Waals surface area contributed by atoms with Crippen molar-refractivity contribution in [3.8, 4) is 0 Å². The van der Waals surface area contributed by atoms with Gasteiger partial charge in [0.05, 0.1) is 25.7 Å². The molecule has 0 N–H and O–H groups in total. The van der Waals surface area contributed by atoms with Crippen LogP contribution in [0.15, 0.2) is 34.7 Å². The molecule has 1 saturated heterocycles. The zero-order valence-electron chi connectivity index (χ0n) is 20.2. The summed E-state index contributed by atoms with van der Waals surface area (Å²) < 4.78 is 12.2. The lowest BCUT2D eigenvalue weighted by Crippen LogP contribution is -2.51. The van der Waals surface area contributed by atoms with Gasteiger partial charge in [-0.1, -0.05) is 25.0 Å². The Bertz CT molecular complexity index is 809. The van der Waals surface area contributed by atoms with Crippen molar-refractivity contribution >= 4 is 0 Å². The molecule has 4 aliphatic carbocycles. The van der Waals surface area contributed by atoms with Crippen molar-refractivity contribution in [1.82, 2.24) is 4.90 Å². The smallest absolute Gasteiger partial charge is 0.0937 e. The summed E-state index contributed by atoms with van der Waals surface area (Å²) in [6.07, 6.45) is 21.8. The van der Waals surface area contributed by atoms with Crippen LogP contribution in [-0.4, -0.2) is 37.7 Å². The summed E-state index contributed by atoms with van der Waals surface area (Å²) in [7, 11) is 0. The van der Waals surface area contributed by atoms with Gasteiger partial charge in [-0.25, -0.2) is 0 Å². The van der Waals surface area contributed by atoms with E-state index in [2.05, 4.69) is 24.0 Å². The van der Waals surface area contributed by atoms with Crippen molar-refractivity contribution in [3.05, 3.63) is 35.8 Å². The minimum atomic E-state index is 0.312. The fraction of sp³-hybridized carbons (Fsp3) is 0.793. The van der Waals surface area contributed by atoms with E-state index in [0.717, 1.165) is 37.5 Å². The first-order valence-corrected chi connectivity index (χ1v) is 13.7. The highest BCUT2D eigenvalue weighted by atomic mass is 16.5. The average molecular weight is 438 g/mol. The van der Waals surface area contributed by atoms with Gasteiger partial charge in [0, 0.05) is 12.0 Å². The monoisotopic (exact) mass is 437 g/mol. The van der Waals surface area contributed by atoms with Crippen molar-refractivity contribution < 1.29 is 9.15 Å². The van der Waals surface area contributed by atoms with E-state index in [4.69, 9.17) is 9.15 Å². The SMILES string of the molecule is C[C@]12CCCCC1=CC[C@H]1[C@@H]3CC[C@@H](c4ccoc4)[C@@]3(COCCN3CCCC3)CC[C@@H]12. The normalized spacial score (nSPS) is 41.7. The maximum absolute atomic E-state index is 6.59. The Morgan fingerprint density at radius 2 is 1.97 bits per heavy atom. The first-order valence-electron chi connectivity index (χ1n) is 13.7. The number of allylic oxidation sites excluding steroid dienone is 2. The maximum atomic E-state index is 6.59. The molecule has 6 rings (SSSR count). The van der Waals surface area contributed by atoms with E-state index >= 15 is 0 Å². The van der Waals surface area contributed by atoms with Crippen LogP contribution in [-0.2, 0) is 4.74 Å². The second-order valence-electron chi connectivity index (χ2n) is 12.0. The minimum Gasteiger partial charge on any atom is -0.472 e. The first-order chi connectivity index (χ1) is 15.7. The molecule has 0 radical (unpaired) electrons. The number of hydrogen-bond donors (Lipinski definition) is 0. The van der Waals surface area contributed by atoms with Crippen LogP contribution in [0.4, 0.5) is 0 Å². The molecule has 32 heavy (non-hydrogen) atoms. The van der Waals surface area contributed by atoms with E-state index in [-0.39, 0.29) is 0 Å². The molecule has 3 nitrogen and oxygen atoms in total. The molecular formula is C29H43NO2. The van der Waals surface area contributed by atoms with Gasteiger partial charge in [-0.2, -0.15) is 0 Å². The van der Waals surface area contributed by atoms with Gasteiger partial charge in [0.1, 0.15) is 0 Å². The molecule has 3 heteroatoms. The third-order valence-corrected chi connectivity index (χ3v) is 10.8. The topological polar surface area (TPSA) is 25.6 Å². The summed E-state index contributed by atoms with van der Waals surface area (Å²) in [4.78, 5) is 2.59. The van der Waals surface area contributed by atoms with Gasteiger partial charge < -0.3 is 14.1 Å². The predicted molar refractivity (Wildman–Crippen MR) is 129 cm³/mol. The highest BCUT2D eigenvalue weighted by Gasteiger charge is 2.60. The van der Waals surface area contributed by atoms with E-state index in [1.807, 2.05) is 18.1 Å². The third kappa shape index (κ3) is 3.45. The summed E-state index contributed by atoms with van der Waals surface area (Å²) >= 11 is 0. The predicted octanol–water partition coefficient (Wildman–Crippen LogP) is 6.81. The second-order valence-corrected chi connectivity index (χ2v) is 12.0. The van der Waals surface area contributed by atoms with Gasteiger partial charge >= 0.3 is 0 Å². The molecule has 5 aliphatic rings. The molecule has 1 aromatic rings. The zero-order chi connectivity index (χ0) is 21.6. The van der Waals surface area contributed by atoms with Gasteiger partial charge in [-0.05, 0) is 118 Å². The van der Waals surface area contributed by atoms with Crippen LogP contribution in [0.2, 0.25) is 0 Å². The Kier molecular flexibility index (Phi) is 5.78. The molecule has 0 spiro atoms. The molecular weight excluding hydrogens is 394 g/mol. The molecule has 3 saturated carbocycles. The van der Waals surface area contributed by atoms with Crippen molar-refractivity contribution in [2.24, 2.45) is 28.6 Å². The van der Waals surface area contributed by atoms with Crippen LogP contribution in [0.25, 0.3) is 0 Å². The van der Waals surface area contributed by atoms with Crippen LogP contribution < -0.4 is 0 Å². The summed E-state index contributed by atoms with van der Waals surface area (Å²) in [6, 6.07) is 2.24. The highest BCUT2D eigenvalue weighted by Crippen LogP contribution is 2.68. The minimum absolute atomic E-state index is 0.312. The quantitative estimate of drug-likeness (QED) is 0.361. The Hall–Kier alpha value is -1.06. The standard InChI is InChI=1S/C29H43NO2/c1-28-13-3-2-6-23(28)7-8-24-26(28)11-14-29(21-32-19-17-30-15-4-5-16-30)25(9-10-27(24)29)22-12-18-31-20-22/h7,12,18,20,24-27H,2-6,8-11,13-17,19,21H2,1H3/t24-,25+,26+,27+,28+,29+/m1/s1. The molecule has 2 heterocycles. The second kappa shape index (κ2) is 8.62. The number of ether oxygens (including phenoxy) is 1. The fourth-order valence-corrected chi connectivity index (χ4v) is 9.22. The van der Waals surface area contributed by atoms with Crippen LogP contribution in [0, 0.1) is 28.6 Å². The summed E-state index contributed by atoms with van der Waals surface area (Å²) in [6.45, 7) is 8.15. The molecule has 4 fully saturated rings. The Morgan fingerprint density at radius 3 is 2.81 bits per heavy atom. The Labute approximate surface area is 195 Å². The molecule has 176 valence electrons. The van der Waals surface area contributed by atoms with Crippen LogP contribution in [0.3, 0.4) is 0 Å². The fourth-order valence-electron chi connectivity index (χ4n) is 9.22. The molecule has 0 amide bonds.